The molecule has 0 rings (SSSR count). The highest BCUT2D eigenvalue weighted by atomic mass is 19.1. The van der Waals surface area contributed by atoms with E-state index < -0.39 is 6.17 Å². The third-order valence-corrected chi connectivity index (χ3v) is 1.36. The van der Waals surface area contributed by atoms with Gasteiger partial charge in [-0.05, 0) is 13.3 Å². The average Bonchev–Trinajstić information content (AvgIpc) is 1.69. The number of hydrogen-bond donors (Lipinski definition) is 0. The first kappa shape index (κ1) is 7.67. The van der Waals surface area contributed by atoms with Crippen molar-refractivity contribution in [3.63, 3.8) is 0 Å². The number of hydrogen-bond acceptors (Lipinski definition) is 0. The first-order valence-electron chi connectivity index (χ1n) is 2.99. The normalized spacial score (nSPS) is 17.4. The van der Waals surface area contributed by atoms with Gasteiger partial charge in [0.05, 0.1) is 0 Å². The molecule has 0 saturated heterocycles. The molecular weight excluding hydrogens is 103 g/mol. The molecule has 0 bridgehead atoms. The van der Waals surface area contributed by atoms with Gasteiger partial charge in [-0.15, -0.1) is 6.58 Å². The third-order valence-electron chi connectivity index (χ3n) is 1.36. The molecule has 2 unspecified atom stereocenters. The van der Waals surface area contributed by atoms with Crippen LogP contribution in [0.3, 0.4) is 0 Å². The molecule has 1 heteroatoms. The fraction of sp³-hybridized carbons (Fsp3) is 0.714. The first-order valence-corrected chi connectivity index (χ1v) is 2.99. The topological polar surface area (TPSA) is 0 Å². The summed E-state index contributed by atoms with van der Waals surface area (Å²) in [5.41, 5.74) is 0. The minimum Gasteiger partial charge on any atom is -0.247 e. The molecule has 0 aliphatic rings. The van der Waals surface area contributed by atoms with Gasteiger partial charge in [-0.2, -0.15) is 0 Å². The molecule has 0 fully saturated rings. The lowest BCUT2D eigenvalue weighted by Gasteiger charge is -2.08. The Hall–Kier alpha value is -0.330. The van der Waals surface area contributed by atoms with Crippen molar-refractivity contribution in [3.05, 3.63) is 12.7 Å². The summed E-state index contributed by atoms with van der Waals surface area (Å²) < 4.78 is 12.3. The third kappa shape index (κ3) is 2.10. The molecule has 0 aliphatic heterocycles. The van der Waals surface area contributed by atoms with Gasteiger partial charge >= 0.3 is 0 Å². The van der Waals surface area contributed by atoms with Crippen LogP contribution in [0.1, 0.15) is 20.3 Å². The lowest BCUT2D eigenvalue weighted by Crippen LogP contribution is -2.06. The van der Waals surface area contributed by atoms with Gasteiger partial charge in [0.2, 0.25) is 0 Å². The molecule has 0 amide bonds. The van der Waals surface area contributed by atoms with Crippen molar-refractivity contribution in [2.24, 2.45) is 5.92 Å². The number of rotatable bonds is 3. The fourth-order valence-electron chi connectivity index (χ4n) is 0.679. The molecule has 48 valence electrons. The van der Waals surface area contributed by atoms with Crippen molar-refractivity contribution in [1.82, 2.24) is 0 Å². The van der Waals surface area contributed by atoms with Gasteiger partial charge < -0.3 is 0 Å². The number of alkyl halides is 1. The molecule has 0 radical (unpaired) electrons. The molecule has 2 atom stereocenters. The van der Waals surface area contributed by atoms with Crippen LogP contribution in [0, 0.1) is 5.92 Å². The summed E-state index contributed by atoms with van der Waals surface area (Å²) in [6.45, 7) is 7.04. The van der Waals surface area contributed by atoms with Crippen molar-refractivity contribution >= 4 is 0 Å². The second-order valence-corrected chi connectivity index (χ2v) is 1.99. The van der Waals surface area contributed by atoms with Crippen molar-refractivity contribution in [1.29, 1.82) is 0 Å². The summed E-state index contributed by atoms with van der Waals surface area (Å²) >= 11 is 0. The highest BCUT2D eigenvalue weighted by Crippen LogP contribution is 2.11. The van der Waals surface area contributed by atoms with Crippen molar-refractivity contribution in [2.75, 3.05) is 0 Å². The van der Waals surface area contributed by atoms with E-state index >= 15 is 0 Å². The molecule has 0 aromatic rings. The monoisotopic (exact) mass is 116 g/mol. The zero-order valence-electron chi connectivity index (χ0n) is 5.52. The van der Waals surface area contributed by atoms with Crippen LogP contribution in [0.4, 0.5) is 4.39 Å². The van der Waals surface area contributed by atoms with Gasteiger partial charge in [0.15, 0.2) is 0 Å². The van der Waals surface area contributed by atoms with E-state index in [4.69, 9.17) is 0 Å². The second-order valence-electron chi connectivity index (χ2n) is 1.99. The van der Waals surface area contributed by atoms with E-state index in [1.165, 1.54) is 0 Å². The van der Waals surface area contributed by atoms with E-state index in [0.29, 0.717) is 0 Å². The smallest absolute Gasteiger partial charge is 0.104 e. The zero-order valence-corrected chi connectivity index (χ0v) is 5.52. The van der Waals surface area contributed by atoms with Gasteiger partial charge in [0.25, 0.3) is 0 Å². The lowest BCUT2D eigenvalue weighted by atomic mass is 10.0. The molecule has 0 aromatic heterocycles. The molecule has 0 heterocycles. The summed E-state index contributed by atoms with van der Waals surface area (Å²) in [6.07, 6.45) is 1.78. The largest absolute Gasteiger partial charge is 0.247 e. The Bertz CT molecular complexity index is 66.8. The molecule has 8 heavy (non-hydrogen) atoms. The Morgan fingerprint density at radius 3 is 2.25 bits per heavy atom. The Labute approximate surface area is 50.4 Å². The summed E-state index contributed by atoms with van der Waals surface area (Å²) in [6, 6.07) is 0. The Kier molecular flexibility index (Phi) is 3.49. The Morgan fingerprint density at radius 1 is 1.75 bits per heavy atom. The van der Waals surface area contributed by atoms with Crippen LogP contribution in [0.15, 0.2) is 12.7 Å². The van der Waals surface area contributed by atoms with Gasteiger partial charge in [-0.1, -0.05) is 13.0 Å². The van der Waals surface area contributed by atoms with Crippen LogP contribution in [-0.2, 0) is 0 Å². The van der Waals surface area contributed by atoms with Crippen LogP contribution in [0.25, 0.3) is 0 Å². The molecular formula is C7H13F. The highest BCUT2D eigenvalue weighted by molar-refractivity contribution is 4.81. The zero-order chi connectivity index (χ0) is 6.57. The van der Waals surface area contributed by atoms with Gasteiger partial charge in [-0.25, -0.2) is 4.39 Å². The van der Waals surface area contributed by atoms with Crippen LogP contribution in [0.5, 0.6) is 0 Å². The maximum Gasteiger partial charge on any atom is 0.104 e. The van der Waals surface area contributed by atoms with Crippen LogP contribution in [0.2, 0.25) is 0 Å². The minimum absolute atomic E-state index is 0.0509. The number of halogens is 1. The predicted molar refractivity (Wildman–Crippen MR) is 34.5 cm³/mol. The predicted octanol–water partition coefficient (Wildman–Crippen LogP) is 2.56. The SMILES string of the molecule is C=CC(CC)C(C)F. The maximum atomic E-state index is 12.3. The van der Waals surface area contributed by atoms with E-state index in [1.54, 1.807) is 13.0 Å². The lowest BCUT2D eigenvalue weighted by molar-refractivity contribution is 0.282. The van der Waals surface area contributed by atoms with Crippen LogP contribution < -0.4 is 0 Å². The quantitative estimate of drug-likeness (QED) is 0.497. The van der Waals surface area contributed by atoms with E-state index in [9.17, 15) is 4.39 Å². The molecule has 0 spiro atoms. The Morgan fingerprint density at radius 2 is 2.25 bits per heavy atom. The van der Waals surface area contributed by atoms with Gasteiger partial charge in [0, 0.05) is 5.92 Å². The summed E-state index contributed by atoms with van der Waals surface area (Å²) in [7, 11) is 0. The van der Waals surface area contributed by atoms with E-state index in [0.717, 1.165) is 6.42 Å². The van der Waals surface area contributed by atoms with E-state index in [-0.39, 0.29) is 5.92 Å². The van der Waals surface area contributed by atoms with Gasteiger partial charge in [-0.3, -0.25) is 0 Å². The first-order chi connectivity index (χ1) is 3.72. The van der Waals surface area contributed by atoms with Crippen LogP contribution in [-0.4, -0.2) is 6.17 Å². The van der Waals surface area contributed by atoms with Crippen molar-refractivity contribution < 1.29 is 4.39 Å². The standard InChI is InChI=1S/C7H13F/c1-4-7(5-2)6(3)8/h4,6-7H,1,5H2,2-3H3. The molecule has 0 nitrogen and oxygen atoms in total. The van der Waals surface area contributed by atoms with Crippen LogP contribution >= 0.6 is 0 Å². The van der Waals surface area contributed by atoms with E-state index in [1.807, 2.05) is 6.92 Å². The summed E-state index contributed by atoms with van der Waals surface area (Å²) in [5, 5.41) is 0. The van der Waals surface area contributed by atoms with Crippen molar-refractivity contribution in [2.45, 2.75) is 26.4 Å². The molecule has 0 aliphatic carbocycles. The minimum atomic E-state index is -0.738. The maximum absolute atomic E-state index is 12.3. The second kappa shape index (κ2) is 3.65. The van der Waals surface area contributed by atoms with Crippen molar-refractivity contribution in [3.8, 4) is 0 Å². The fourth-order valence-corrected chi connectivity index (χ4v) is 0.679. The van der Waals surface area contributed by atoms with Gasteiger partial charge in [0.1, 0.15) is 6.17 Å². The average molecular weight is 116 g/mol. The Balaban J connectivity index is 3.51. The highest BCUT2D eigenvalue weighted by Gasteiger charge is 2.08. The van der Waals surface area contributed by atoms with E-state index in [2.05, 4.69) is 6.58 Å². The summed E-state index contributed by atoms with van der Waals surface area (Å²) in [4.78, 5) is 0. The molecule has 0 aromatic carbocycles. The number of allylic oxidation sites excluding steroid dienone is 1. The molecule has 0 N–H and O–H groups in total. The summed E-state index contributed by atoms with van der Waals surface area (Å²) in [5.74, 6) is 0.0509. The molecule has 0 saturated carbocycles.